The van der Waals surface area contributed by atoms with Crippen LogP contribution in [0.1, 0.15) is 5.69 Å². The SMILES string of the molecule is Fc1cccc(F)c1NCc1ccc2ccccc2n1. The third-order valence-corrected chi connectivity index (χ3v) is 3.07. The van der Waals surface area contributed by atoms with Gasteiger partial charge in [-0.25, -0.2) is 8.78 Å². The average molecular weight is 270 g/mol. The molecule has 0 amide bonds. The first-order valence-electron chi connectivity index (χ1n) is 6.26. The number of hydrogen-bond donors (Lipinski definition) is 1. The minimum absolute atomic E-state index is 0.123. The summed E-state index contributed by atoms with van der Waals surface area (Å²) in [5, 5.41) is 3.79. The number of rotatable bonds is 3. The lowest BCUT2D eigenvalue weighted by Gasteiger charge is -2.08. The first-order valence-corrected chi connectivity index (χ1v) is 6.26. The number of fused-ring (bicyclic) bond motifs is 1. The molecule has 3 aromatic rings. The molecule has 0 radical (unpaired) electrons. The third-order valence-electron chi connectivity index (χ3n) is 3.07. The normalized spacial score (nSPS) is 10.7. The van der Waals surface area contributed by atoms with Crippen molar-refractivity contribution in [1.29, 1.82) is 0 Å². The topological polar surface area (TPSA) is 24.9 Å². The van der Waals surface area contributed by atoms with Crippen molar-refractivity contribution in [2.75, 3.05) is 5.32 Å². The summed E-state index contributed by atoms with van der Waals surface area (Å²) in [6.07, 6.45) is 0. The van der Waals surface area contributed by atoms with Crippen molar-refractivity contribution < 1.29 is 8.78 Å². The lowest BCUT2D eigenvalue weighted by molar-refractivity contribution is 0.588. The fourth-order valence-corrected chi connectivity index (χ4v) is 2.05. The third kappa shape index (κ3) is 2.45. The highest BCUT2D eigenvalue weighted by Crippen LogP contribution is 2.19. The van der Waals surface area contributed by atoms with Crippen LogP contribution in [0, 0.1) is 11.6 Å². The van der Waals surface area contributed by atoms with E-state index in [0.29, 0.717) is 0 Å². The summed E-state index contributed by atoms with van der Waals surface area (Å²) in [6, 6.07) is 15.3. The highest BCUT2D eigenvalue weighted by Gasteiger charge is 2.07. The van der Waals surface area contributed by atoms with E-state index in [1.165, 1.54) is 18.2 Å². The Morgan fingerprint density at radius 1 is 0.850 bits per heavy atom. The maximum absolute atomic E-state index is 13.5. The molecule has 1 N–H and O–H groups in total. The highest BCUT2D eigenvalue weighted by molar-refractivity contribution is 5.78. The molecule has 0 aliphatic rings. The molecule has 4 heteroatoms. The van der Waals surface area contributed by atoms with Crippen molar-refractivity contribution in [2.45, 2.75) is 6.54 Å². The molecule has 0 aliphatic heterocycles. The van der Waals surface area contributed by atoms with E-state index in [9.17, 15) is 8.78 Å². The second-order valence-electron chi connectivity index (χ2n) is 4.45. The molecule has 0 saturated carbocycles. The van der Waals surface area contributed by atoms with E-state index < -0.39 is 11.6 Å². The number of anilines is 1. The molecule has 0 saturated heterocycles. The quantitative estimate of drug-likeness (QED) is 0.774. The van der Waals surface area contributed by atoms with Gasteiger partial charge in [-0.2, -0.15) is 0 Å². The minimum atomic E-state index is -0.606. The predicted molar refractivity (Wildman–Crippen MR) is 75.4 cm³/mol. The molecule has 1 heterocycles. The zero-order chi connectivity index (χ0) is 13.9. The molecule has 0 bridgehead atoms. The van der Waals surface area contributed by atoms with Gasteiger partial charge in [0.2, 0.25) is 0 Å². The lowest BCUT2D eigenvalue weighted by atomic mass is 10.2. The van der Waals surface area contributed by atoms with Crippen molar-refractivity contribution in [2.24, 2.45) is 0 Å². The Morgan fingerprint density at radius 3 is 2.40 bits per heavy atom. The number of benzene rings is 2. The molecule has 0 spiro atoms. The number of aromatic nitrogens is 1. The van der Waals surface area contributed by atoms with Gasteiger partial charge < -0.3 is 5.32 Å². The summed E-state index contributed by atoms with van der Waals surface area (Å²) in [7, 11) is 0. The molecule has 0 aliphatic carbocycles. The van der Waals surface area contributed by atoms with Gasteiger partial charge in [-0.1, -0.05) is 30.3 Å². The fraction of sp³-hybridized carbons (Fsp3) is 0.0625. The summed E-state index contributed by atoms with van der Waals surface area (Å²) in [5.74, 6) is -1.21. The van der Waals surface area contributed by atoms with Gasteiger partial charge in [0.1, 0.15) is 17.3 Å². The Balaban J connectivity index is 1.83. The highest BCUT2D eigenvalue weighted by atomic mass is 19.1. The van der Waals surface area contributed by atoms with Crippen molar-refractivity contribution in [3.63, 3.8) is 0 Å². The Bertz CT molecular complexity index is 736. The van der Waals surface area contributed by atoms with E-state index in [2.05, 4.69) is 10.3 Å². The van der Waals surface area contributed by atoms with Gasteiger partial charge in [0.25, 0.3) is 0 Å². The summed E-state index contributed by atoms with van der Waals surface area (Å²) >= 11 is 0. The van der Waals surface area contributed by atoms with Crippen molar-refractivity contribution >= 4 is 16.6 Å². The molecule has 2 aromatic carbocycles. The first kappa shape index (κ1) is 12.5. The first-order chi connectivity index (χ1) is 9.74. The monoisotopic (exact) mass is 270 g/mol. The van der Waals surface area contributed by atoms with Gasteiger partial charge in [0.05, 0.1) is 17.8 Å². The molecule has 20 heavy (non-hydrogen) atoms. The van der Waals surface area contributed by atoms with Crippen LogP contribution in [0.25, 0.3) is 10.9 Å². The van der Waals surface area contributed by atoms with Gasteiger partial charge in [-0.15, -0.1) is 0 Å². The van der Waals surface area contributed by atoms with E-state index in [1.54, 1.807) is 0 Å². The average Bonchev–Trinajstić information content (AvgIpc) is 2.46. The van der Waals surface area contributed by atoms with E-state index in [-0.39, 0.29) is 12.2 Å². The van der Waals surface area contributed by atoms with Crippen LogP contribution in [-0.2, 0) is 6.54 Å². The Kier molecular flexibility index (Phi) is 3.29. The molecule has 0 unspecified atom stereocenters. The van der Waals surface area contributed by atoms with Crippen LogP contribution in [0.5, 0.6) is 0 Å². The summed E-state index contributed by atoms with van der Waals surface area (Å²) in [6.45, 7) is 0.267. The van der Waals surface area contributed by atoms with Gasteiger partial charge in [0.15, 0.2) is 0 Å². The second-order valence-corrected chi connectivity index (χ2v) is 4.45. The number of para-hydroxylation sites is 2. The predicted octanol–water partition coefficient (Wildman–Crippen LogP) is 4.13. The summed E-state index contributed by atoms with van der Waals surface area (Å²) in [5.41, 5.74) is 1.47. The number of nitrogens with zero attached hydrogens (tertiary/aromatic N) is 1. The van der Waals surface area contributed by atoms with Crippen LogP contribution in [0.3, 0.4) is 0 Å². The Hall–Kier alpha value is -2.49. The zero-order valence-corrected chi connectivity index (χ0v) is 10.6. The number of halogens is 2. The maximum Gasteiger partial charge on any atom is 0.149 e. The van der Waals surface area contributed by atoms with E-state index in [4.69, 9.17) is 0 Å². The van der Waals surface area contributed by atoms with Crippen molar-refractivity contribution in [1.82, 2.24) is 4.98 Å². The van der Waals surface area contributed by atoms with Gasteiger partial charge >= 0.3 is 0 Å². The largest absolute Gasteiger partial charge is 0.375 e. The smallest absolute Gasteiger partial charge is 0.149 e. The van der Waals surface area contributed by atoms with Gasteiger partial charge in [-0.05, 0) is 24.3 Å². The van der Waals surface area contributed by atoms with Crippen LogP contribution >= 0.6 is 0 Å². The molecule has 0 atom stereocenters. The second kappa shape index (κ2) is 5.25. The van der Waals surface area contributed by atoms with Crippen molar-refractivity contribution in [3.05, 3.63) is 71.9 Å². The standard InChI is InChI=1S/C16H12F2N2/c17-13-5-3-6-14(18)16(13)19-10-12-9-8-11-4-1-2-7-15(11)20-12/h1-9,19H,10H2. The molecule has 0 fully saturated rings. The fourth-order valence-electron chi connectivity index (χ4n) is 2.05. The van der Waals surface area contributed by atoms with Crippen LogP contribution in [0.4, 0.5) is 14.5 Å². The zero-order valence-electron chi connectivity index (χ0n) is 10.6. The lowest BCUT2D eigenvalue weighted by Crippen LogP contribution is -2.05. The molecular formula is C16H12F2N2. The van der Waals surface area contributed by atoms with Crippen LogP contribution in [0.15, 0.2) is 54.6 Å². The van der Waals surface area contributed by atoms with Crippen molar-refractivity contribution in [3.8, 4) is 0 Å². The van der Waals surface area contributed by atoms with Gasteiger partial charge in [-0.3, -0.25) is 4.98 Å². The number of nitrogens with one attached hydrogen (secondary N) is 1. The minimum Gasteiger partial charge on any atom is -0.375 e. The molecule has 100 valence electrons. The van der Waals surface area contributed by atoms with Gasteiger partial charge in [0, 0.05) is 5.39 Å². The number of pyridine rings is 1. The van der Waals surface area contributed by atoms with E-state index in [1.807, 2.05) is 36.4 Å². The van der Waals surface area contributed by atoms with E-state index in [0.717, 1.165) is 16.6 Å². The Morgan fingerprint density at radius 2 is 1.60 bits per heavy atom. The maximum atomic E-state index is 13.5. The van der Waals surface area contributed by atoms with E-state index >= 15 is 0 Å². The number of hydrogen-bond acceptors (Lipinski definition) is 2. The van der Waals surface area contributed by atoms with Crippen LogP contribution in [0.2, 0.25) is 0 Å². The molecule has 3 rings (SSSR count). The summed E-state index contributed by atoms with van der Waals surface area (Å²) in [4.78, 5) is 4.44. The van der Waals surface area contributed by atoms with Crippen LogP contribution < -0.4 is 5.32 Å². The molecule has 1 aromatic heterocycles. The Labute approximate surface area is 115 Å². The summed E-state index contributed by atoms with van der Waals surface area (Å²) < 4.78 is 27.0. The van der Waals surface area contributed by atoms with Crippen LogP contribution in [-0.4, -0.2) is 4.98 Å². The molecular weight excluding hydrogens is 258 g/mol. The molecule has 2 nitrogen and oxygen atoms in total.